The van der Waals surface area contributed by atoms with Crippen LogP contribution in [0.4, 0.5) is 0 Å². The number of ether oxygens (including phenoxy) is 1. The van der Waals surface area contributed by atoms with Gasteiger partial charge in [-0.2, -0.15) is 0 Å². The molecule has 0 aromatic rings. The van der Waals surface area contributed by atoms with E-state index in [-0.39, 0.29) is 5.60 Å². The largest absolute Gasteiger partial charge is 0.378 e. The van der Waals surface area contributed by atoms with Crippen LogP contribution in [0.15, 0.2) is 0 Å². The van der Waals surface area contributed by atoms with E-state index in [4.69, 9.17) is 4.74 Å². The highest BCUT2D eigenvalue weighted by molar-refractivity contribution is 5.05. The Morgan fingerprint density at radius 2 is 1.62 bits per heavy atom. The van der Waals surface area contributed by atoms with E-state index in [0.29, 0.717) is 11.0 Å². The predicted molar refractivity (Wildman–Crippen MR) is 109 cm³/mol. The third kappa shape index (κ3) is 3.37. The highest BCUT2D eigenvalue weighted by Gasteiger charge is 2.50. The third-order valence-corrected chi connectivity index (χ3v) is 9.28. The molecule has 3 nitrogen and oxygen atoms in total. The van der Waals surface area contributed by atoms with E-state index in [9.17, 15) is 0 Å². The zero-order valence-electron chi connectivity index (χ0n) is 17.7. The Bertz CT molecular complexity index is 465. The average molecular weight is 363 g/mol. The molecule has 3 aliphatic carbocycles. The van der Waals surface area contributed by atoms with Crippen LogP contribution in [-0.2, 0) is 4.74 Å². The van der Waals surface area contributed by atoms with Crippen LogP contribution in [0, 0.1) is 11.3 Å². The van der Waals surface area contributed by atoms with E-state index in [0.717, 1.165) is 5.92 Å². The molecule has 26 heavy (non-hydrogen) atoms. The summed E-state index contributed by atoms with van der Waals surface area (Å²) in [4.78, 5) is 5.40. The number of rotatable bonds is 6. The molecule has 4 aliphatic rings. The van der Waals surface area contributed by atoms with Crippen molar-refractivity contribution in [2.24, 2.45) is 11.3 Å². The maximum absolute atomic E-state index is 5.85. The van der Waals surface area contributed by atoms with Gasteiger partial charge in [-0.25, -0.2) is 0 Å². The highest BCUT2D eigenvalue weighted by Crippen LogP contribution is 2.53. The Kier molecular flexibility index (Phi) is 5.44. The van der Waals surface area contributed by atoms with E-state index < -0.39 is 0 Å². The molecular formula is C23H42N2O. The second-order valence-electron chi connectivity index (χ2n) is 10.5. The van der Waals surface area contributed by atoms with Crippen LogP contribution in [0.1, 0.15) is 83.5 Å². The standard InChI is InChI=1S/C23H42N2O/c1-24(2)23(20-7-4-5-8-20)13-11-21(12-14-23)15-17-25(19-21)18-16-22(26-3)9-6-10-22/h20H,4-19H2,1-3H3. The van der Waals surface area contributed by atoms with E-state index in [1.54, 1.807) is 0 Å². The molecule has 0 radical (unpaired) electrons. The first kappa shape index (κ1) is 19.2. The van der Waals surface area contributed by atoms with Gasteiger partial charge < -0.3 is 14.5 Å². The lowest BCUT2D eigenvalue weighted by Crippen LogP contribution is -2.54. The first-order valence-corrected chi connectivity index (χ1v) is 11.5. The fourth-order valence-corrected chi connectivity index (χ4v) is 7.01. The summed E-state index contributed by atoms with van der Waals surface area (Å²) in [7, 11) is 6.65. The molecule has 4 fully saturated rings. The van der Waals surface area contributed by atoms with Crippen molar-refractivity contribution in [1.29, 1.82) is 0 Å². The molecule has 0 N–H and O–H groups in total. The van der Waals surface area contributed by atoms with Crippen molar-refractivity contribution in [3.8, 4) is 0 Å². The Morgan fingerprint density at radius 1 is 0.923 bits per heavy atom. The van der Waals surface area contributed by atoms with Gasteiger partial charge >= 0.3 is 0 Å². The molecule has 4 rings (SSSR count). The summed E-state index contributed by atoms with van der Waals surface area (Å²) in [6, 6.07) is 0. The van der Waals surface area contributed by atoms with E-state index in [2.05, 4.69) is 23.9 Å². The quantitative estimate of drug-likeness (QED) is 0.681. The molecule has 1 aliphatic heterocycles. The Hall–Kier alpha value is -0.120. The molecule has 0 unspecified atom stereocenters. The monoisotopic (exact) mass is 362 g/mol. The van der Waals surface area contributed by atoms with Crippen molar-refractivity contribution in [3.05, 3.63) is 0 Å². The van der Waals surface area contributed by atoms with Gasteiger partial charge in [0.2, 0.25) is 0 Å². The Morgan fingerprint density at radius 3 is 2.15 bits per heavy atom. The minimum absolute atomic E-state index is 0.241. The van der Waals surface area contributed by atoms with Gasteiger partial charge in [-0.3, -0.25) is 0 Å². The maximum Gasteiger partial charge on any atom is 0.0691 e. The zero-order chi connectivity index (χ0) is 18.3. The van der Waals surface area contributed by atoms with Crippen molar-refractivity contribution in [2.45, 2.75) is 94.6 Å². The minimum atomic E-state index is 0.241. The molecule has 3 heteroatoms. The van der Waals surface area contributed by atoms with Crippen LogP contribution in [0.2, 0.25) is 0 Å². The smallest absolute Gasteiger partial charge is 0.0691 e. The summed E-state index contributed by atoms with van der Waals surface area (Å²) < 4.78 is 5.85. The second-order valence-corrected chi connectivity index (χ2v) is 10.5. The summed E-state index contributed by atoms with van der Waals surface area (Å²) in [5, 5.41) is 0. The number of nitrogens with zero attached hydrogens (tertiary/aromatic N) is 2. The molecule has 0 aromatic heterocycles. The van der Waals surface area contributed by atoms with Crippen LogP contribution < -0.4 is 0 Å². The van der Waals surface area contributed by atoms with Crippen LogP contribution in [0.5, 0.6) is 0 Å². The summed E-state index contributed by atoms with van der Waals surface area (Å²) in [5.74, 6) is 0.965. The van der Waals surface area contributed by atoms with Crippen molar-refractivity contribution in [1.82, 2.24) is 9.80 Å². The topological polar surface area (TPSA) is 15.7 Å². The molecule has 0 bridgehead atoms. The van der Waals surface area contributed by atoms with E-state index >= 15 is 0 Å². The second kappa shape index (κ2) is 7.37. The van der Waals surface area contributed by atoms with Gasteiger partial charge in [0.25, 0.3) is 0 Å². The van der Waals surface area contributed by atoms with Crippen LogP contribution in [0.25, 0.3) is 0 Å². The molecule has 0 aromatic carbocycles. The van der Waals surface area contributed by atoms with Gasteiger partial charge in [-0.05, 0) is 103 Å². The van der Waals surface area contributed by atoms with Crippen molar-refractivity contribution >= 4 is 0 Å². The van der Waals surface area contributed by atoms with Gasteiger partial charge in [0.1, 0.15) is 0 Å². The Balaban J connectivity index is 1.32. The van der Waals surface area contributed by atoms with Gasteiger partial charge in [0.05, 0.1) is 5.60 Å². The molecule has 1 heterocycles. The lowest BCUT2D eigenvalue weighted by molar-refractivity contribution is -0.0817. The number of methoxy groups -OCH3 is 1. The maximum atomic E-state index is 5.85. The summed E-state index contributed by atoms with van der Waals surface area (Å²) >= 11 is 0. The SMILES string of the molecule is COC1(CCN2CCC3(CCC(C4CCCC4)(N(C)C)CC3)C2)CCC1. The number of hydrogen-bond donors (Lipinski definition) is 0. The van der Waals surface area contributed by atoms with Gasteiger partial charge in [0.15, 0.2) is 0 Å². The van der Waals surface area contributed by atoms with Crippen LogP contribution in [0.3, 0.4) is 0 Å². The molecular weight excluding hydrogens is 320 g/mol. The fraction of sp³-hybridized carbons (Fsp3) is 1.00. The van der Waals surface area contributed by atoms with Crippen molar-refractivity contribution in [2.75, 3.05) is 40.8 Å². The minimum Gasteiger partial charge on any atom is -0.378 e. The molecule has 1 spiro atoms. The summed E-state index contributed by atoms with van der Waals surface area (Å²) in [5.41, 5.74) is 1.39. The molecule has 1 saturated heterocycles. The molecule has 0 atom stereocenters. The van der Waals surface area contributed by atoms with Crippen LogP contribution >= 0.6 is 0 Å². The first-order chi connectivity index (χ1) is 12.5. The Labute approximate surface area is 161 Å². The normalized spacial score (nSPS) is 38.3. The number of likely N-dealkylation sites (tertiary alicyclic amines) is 1. The predicted octanol–water partition coefficient (Wildman–Crippen LogP) is 4.70. The zero-order valence-corrected chi connectivity index (χ0v) is 17.7. The van der Waals surface area contributed by atoms with Crippen molar-refractivity contribution < 1.29 is 4.74 Å². The summed E-state index contributed by atoms with van der Waals surface area (Å²) in [6.45, 7) is 3.95. The number of hydrogen-bond acceptors (Lipinski definition) is 3. The highest BCUT2D eigenvalue weighted by atomic mass is 16.5. The fourth-order valence-electron chi connectivity index (χ4n) is 7.01. The lowest BCUT2D eigenvalue weighted by atomic mass is 9.62. The van der Waals surface area contributed by atoms with Gasteiger partial charge in [0, 0.05) is 25.7 Å². The van der Waals surface area contributed by atoms with E-state index in [1.807, 2.05) is 7.11 Å². The van der Waals surface area contributed by atoms with Crippen molar-refractivity contribution in [3.63, 3.8) is 0 Å². The molecule has 3 saturated carbocycles. The average Bonchev–Trinajstić information content (AvgIpc) is 3.26. The molecule has 0 amide bonds. The van der Waals surface area contributed by atoms with Crippen LogP contribution in [-0.4, -0.2) is 61.8 Å². The van der Waals surface area contributed by atoms with Gasteiger partial charge in [-0.1, -0.05) is 12.8 Å². The third-order valence-electron chi connectivity index (χ3n) is 9.28. The first-order valence-electron chi connectivity index (χ1n) is 11.5. The van der Waals surface area contributed by atoms with Gasteiger partial charge in [-0.15, -0.1) is 0 Å². The van der Waals surface area contributed by atoms with E-state index in [1.165, 1.54) is 103 Å². The summed E-state index contributed by atoms with van der Waals surface area (Å²) in [6.07, 6.45) is 18.4. The lowest BCUT2D eigenvalue weighted by Gasteiger charge is -2.52. The molecule has 150 valence electrons.